The summed E-state index contributed by atoms with van der Waals surface area (Å²) in [6.07, 6.45) is 10.6. The Morgan fingerprint density at radius 2 is 0.902 bits per heavy atom. The summed E-state index contributed by atoms with van der Waals surface area (Å²) in [6.45, 7) is 8.93. The molecule has 0 bridgehead atoms. The highest BCUT2D eigenvalue weighted by molar-refractivity contribution is 5.49. The molecule has 0 radical (unpaired) electrons. The molecule has 0 heterocycles. The topological polar surface area (TPSA) is 52.0 Å². The molecule has 0 aliphatic heterocycles. The van der Waals surface area contributed by atoms with Gasteiger partial charge in [0.1, 0.15) is 0 Å². The third-order valence-corrected chi connectivity index (χ3v) is 8.73. The first kappa shape index (κ1) is 30.4. The molecule has 0 saturated heterocycles. The van der Waals surface area contributed by atoms with E-state index in [9.17, 15) is 0 Å². The lowest BCUT2D eigenvalue weighted by molar-refractivity contribution is 0.647. The molecule has 4 rings (SSSR count). The Morgan fingerprint density at radius 1 is 0.512 bits per heavy atom. The van der Waals surface area contributed by atoms with Crippen LogP contribution in [0.1, 0.15) is 115 Å². The second kappa shape index (κ2) is 14.9. The van der Waals surface area contributed by atoms with Crippen LogP contribution < -0.4 is 11.5 Å². The van der Waals surface area contributed by atoms with Crippen molar-refractivity contribution in [2.24, 2.45) is 0 Å². The zero-order chi connectivity index (χ0) is 29.2. The van der Waals surface area contributed by atoms with Gasteiger partial charge in [0.15, 0.2) is 0 Å². The number of unbranched alkanes of at least 4 members (excludes halogenated alkanes) is 2. The number of nitrogen functional groups attached to an aromatic ring is 2. The van der Waals surface area contributed by atoms with Crippen molar-refractivity contribution in [2.45, 2.75) is 97.3 Å². The summed E-state index contributed by atoms with van der Waals surface area (Å²) in [5.74, 6) is 0.864. The monoisotopic (exact) mass is 546 g/mol. The number of rotatable bonds is 14. The van der Waals surface area contributed by atoms with E-state index in [0.717, 1.165) is 30.6 Å². The zero-order valence-electron chi connectivity index (χ0n) is 25.8. The predicted molar refractivity (Wildman–Crippen MR) is 179 cm³/mol. The lowest BCUT2D eigenvalue weighted by atomic mass is 9.84. The van der Waals surface area contributed by atoms with Crippen molar-refractivity contribution in [1.29, 1.82) is 0 Å². The van der Waals surface area contributed by atoms with E-state index in [0.29, 0.717) is 11.8 Å². The van der Waals surface area contributed by atoms with E-state index in [1.807, 2.05) is 12.1 Å². The van der Waals surface area contributed by atoms with Gasteiger partial charge in [-0.3, -0.25) is 0 Å². The lowest BCUT2D eigenvalue weighted by Crippen LogP contribution is -2.05. The van der Waals surface area contributed by atoms with Crippen LogP contribution >= 0.6 is 0 Å². The highest BCUT2D eigenvalue weighted by atomic mass is 14.5. The second-order valence-electron chi connectivity index (χ2n) is 12.0. The van der Waals surface area contributed by atoms with E-state index in [1.165, 1.54) is 83.0 Å². The Morgan fingerprint density at radius 3 is 1.24 bits per heavy atom. The third kappa shape index (κ3) is 8.26. The number of aryl methyl sites for hydroxylation is 4. The average molecular weight is 547 g/mol. The van der Waals surface area contributed by atoms with Gasteiger partial charge in [0.05, 0.1) is 0 Å². The minimum absolute atomic E-state index is 0.432. The highest BCUT2D eigenvalue weighted by Gasteiger charge is 2.17. The van der Waals surface area contributed by atoms with Gasteiger partial charge in [0.2, 0.25) is 0 Å². The Balaban J connectivity index is 1.38. The van der Waals surface area contributed by atoms with Crippen LogP contribution in [0.2, 0.25) is 0 Å². The first-order valence-electron chi connectivity index (χ1n) is 15.8. The maximum Gasteiger partial charge on any atom is 0.0316 e. The van der Waals surface area contributed by atoms with E-state index in [1.54, 1.807) is 0 Å². The Labute approximate surface area is 249 Å². The molecular weight excluding hydrogens is 496 g/mol. The normalized spacial score (nSPS) is 12.8. The Hall–Kier alpha value is -3.52. The number of benzene rings is 4. The van der Waals surface area contributed by atoms with Crippen molar-refractivity contribution in [3.8, 4) is 0 Å². The summed E-state index contributed by atoms with van der Waals surface area (Å²) >= 11 is 0. The quantitative estimate of drug-likeness (QED) is 0.155. The predicted octanol–water partition coefficient (Wildman–Crippen LogP) is 10.3. The van der Waals surface area contributed by atoms with Crippen LogP contribution in [0.25, 0.3) is 0 Å². The van der Waals surface area contributed by atoms with Gasteiger partial charge in [-0.25, -0.2) is 0 Å². The van der Waals surface area contributed by atoms with Crippen molar-refractivity contribution in [3.05, 3.63) is 129 Å². The van der Waals surface area contributed by atoms with E-state index in [-0.39, 0.29) is 0 Å². The molecule has 2 heteroatoms. The Kier molecular flexibility index (Phi) is 11.1. The van der Waals surface area contributed by atoms with Crippen molar-refractivity contribution in [3.63, 3.8) is 0 Å². The fourth-order valence-corrected chi connectivity index (χ4v) is 6.33. The molecule has 41 heavy (non-hydrogen) atoms. The van der Waals surface area contributed by atoms with Crippen LogP contribution in [-0.2, 0) is 12.8 Å². The van der Waals surface area contributed by atoms with Crippen LogP contribution in [0, 0.1) is 13.8 Å². The van der Waals surface area contributed by atoms with Crippen molar-refractivity contribution in [1.82, 2.24) is 0 Å². The molecule has 4 aromatic carbocycles. The standard InChI is InChI=1S/C39H50N2/c1-5-7-12-38(36-24-22-34(40)26-28(36)3)32-18-14-30(15-19-32)10-9-11-31-16-20-33(21-17-31)39(13-8-6-2)37-25-23-35(41)27-29(37)4/h14-27,38-39H,5-13,40-41H2,1-4H3. The maximum atomic E-state index is 6.04. The van der Waals surface area contributed by atoms with Gasteiger partial charge >= 0.3 is 0 Å². The van der Waals surface area contributed by atoms with E-state index in [2.05, 4.69) is 100 Å². The van der Waals surface area contributed by atoms with Crippen molar-refractivity contribution < 1.29 is 0 Å². The first-order chi connectivity index (χ1) is 19.9. The van der Waals surface area contributed by atoms with Crippen LogP contribution in [0.15, 0.2) is 84.9 Å². The van der Waals surface area contributed by atoms with Crippen LogP contribution in [0.5, 0.6) is 0 Å². The van der Waals surface area contributed by atoms with Gasteiger partial charge < -0.3 is 11.5 Å². The van der Waals surface area contributed by atoms with Gasteiger partial charge in [-0.2, -0.15) is 0 Å². The molecule has 2 unspecified atom stereocenters. The van der Waals surface area contributed by atoms with Gasteiger partial charge in [0.25, 0.3) is 0 Å². The molecular formula is C39H50N2. The lowest BCUT2D eigenvalue weighted by Gasteiger charge is -2.21. The summed E-state index contributed by atoms with van der Waals surface area (Å²) in [4.78, 5) is 0. The molecule has 0 amide bonds. The van der Waals surface area contributed by atoms with Crippen LogP contribution in [0.3, 0.4) is 0 Å². The smallest absolute Gasteiger partial charge is 0.0316 e. The number of hydrogen-bond donors (Lipinski definition) is 2. The van der Waals surface area contributed by atoms with Crippen LogP contribution in [0.4, 0.5) is 11.4 Å². The fraction of sp³-hybridized carbons (Fsp3) is 0.385. The van der Waals surface area contributed by atoms with Gasteiger partial charge in [-0.15, -0.1) is 0 Å². The minimum Gasteiger partial charge on any atom is -0.399 e. The minimum atomic E-state index is 0.432. The summed E-state index contributed by atoms with van der Waals surface area (Å²) in [5.41, 5.74) is 24.9. The largest absolute Gasteiger partial charge is 0.399 e. The van der Waals surface area contributed by atoms with Gasteiger partial charge in [0, 0.05) is 23.2 Å². The molecule has 0 aromatic heterocycles. The van der Waals surface area contributed by atoms with Gasteiger partial charge in [-0.05, 0) is 115 Å². The molecule has 0 aliphatic rings. The average Bonchev–Trinajstić information content (AvgIpc) is 2.96. The molecule has 4 aromatic rings. The summed E-state index contributed by atoms with van der Waals surface area (Å²) in [6, 6.07) is 31.6. The number of nitrogens with two attached hydrogens (primary N) is 2. The zero-order valence-corrected chi connectivity index (χ0v) is 25.8. The molecule has 0 spiro atoms. The fourth-order valence-electron chi connectivity index (χ4n) is 6.33. The summed E-state index contributed by atoms with van der Waals surface area (Å²) in [5, 5.41) is 0. The second-order valence-corrected chi connectivity index (χ2v) is 12.0. The highest BCUT2D eigenvalue weighted by Crippen LogP contribution is 2.34. The summed E-state index contributed by atoms with van der Waals surface area (Å²) in [7, 11) is 0. The van der Waals surface area contributed by atoms with Crippen molar-refractivity contribution in [2.75, 3.05) is 11.5 Å². The third-order valence-electron chi connectivity index (χ3n) is 8.73. The van der Waals surface area contributed by atoms with E-state index in [4.69, 9.17) is 11.5 Å². The molecule has 216 valence electrons. The number of hydrogen-bond acceptors (Lipinski definition) is 2. The van der Waals surface area contributed by atoms with E-state index < -0.39 is 0 Å². The molecule has 4 N–H and O–H groups in total. The summed E-state index contributed by atoms with van der Waals surface area (Å²) < 4.78 is 0. The van der Waals surface area contributed by atoms with Gasteiger partial charge in [-0.1, -0.05) is 100 Å². The molecule has 2 atom stereocenters. The first-order valence-corrected chi connectivity index (χ1v) is 15.8. The van der Waals surface area contributed by atoms with E-state index >= 15 is 0 Å². The number of anilines is 2. The van der Waals surface area contributed by atoms with Crippen LogP contribution in [-0.4, -0.2) is 0 Å². The van der Waals surface area contributed by atoms with Crippen molar-refractivity contribution >= 4 is 11.4 Å². The molecule has 0 saturated carbocycles. The molecule has 0 fully saturated rings. The Bertz CT molecular complexity index is 1260. The molecule has 0 aliphatic carbocycles. The SMILES string of the molecule is CCCCC(c1ccc(CCCc2ccc(C(CCCC)c3ccc(N)cc3C)cc2)cc1)c1ccc(N)cc1C. The molecule has 2 nitrogen and oxygen atoms in total. The maximum absolute atomic E-state index is 6.04.